The molecule has 186 valence electrons. The van der Waals surface area contributed by atoms with Gasteiger partial charge in [0.1, 0.15) is 5.75 Å². The molecule has 8 heteroatoms. The van der Waals surface area contributed by atoms with Crippen molar-refractivity contribution >= 4 is 43.2 Å². The molecule has 0 saturated heterocycles. The molecular formula is C27H31BrN2O4S. The van der Waals surface area contributed by atoms with Crippen molar-refractivity contribution in [2.75, 3.05) is 16.6 Å². The Balaban J connectivity index is 1.61. The first-order valence-electron chi connectivity index (χ1n) is 11.6. The van der Waals surface area contributed by atoms with Gasteiger partial charge in [0.05, 0.1) is 21.7 Å². The zero-order valence-electron chi connectivity index (χ0n) is 20.2. The highest BCUT2D eigenvalue weighted by Gasteiger charge is 2.16. The lowest BCUT2D eigenvalue weighted by atomic mass is 10.1. The van der Waals surface area contributed by atoms with E-state index in [1.54, 1.807) is 36.4 Å². The molecule has 3 rings (SSSR count). The molecule has 2 N–H and O–H groups in total. The summed E-state index contributed by atoms with van der Waals surface area (Å²) in [6.45, 7) is 6.61. The van der Waals surface area contributed by atoms with Crippen LogP contribution in [0.4, 0.5) is 11.4 Å². The monoisotopic (exact) mass is 558 g/mol. The number of sulfonamides is 1. The van der Waals surface area contributed by atoms with E-state index in [9.17, 15) is 13.2 Å². The third-order valence-electron chi connectivity index (χ3n) is 5.50. The molecule has 0 atom stereocenters. The van der Waals surface area contributed by atoms with Gasteiger partial charge in [-0.3, -0.25) is 9.52 Å². The number of rotatable bonds is 11. The third-order valence-corrected chi connectivity index (χ3v) is 7.50. The number of carbonyl (C=O) groups excluding carboxylic acids is 1. The number of nitrogens with one attached hydrogen (secondary N) is 2. The summed E-state index contributed by atoms with van der Waals surface area (Å²) in [5.41, 5.74) is 3.39. The Labute approximate surface area is 216 Å². The average molecular weight is 560 g/mol. The number of amides is 1. The first-order chi connectivity index (χ1) is 16.7. The van der Waals surface area contributed by atoms with Crippen LogP contribution in [0.1, 0.15) is 54.1 Å². The van der Waals surface area contributed by atoms with Crippen LogP contribution in [0.3, 0.4) is 0 Å². The van der Waals surface area contributed by atoms with Gasteiger partial charge in [-0.25, -0.2) is 8.42 Å². The maximum Gasteiger partial charge on any atom is 0.261 e. The minimum absolute atomic E-state index is 0.110. The second kappa shape index (κ2) is 12.2. The van der Waals surface area contributed by atoms with Crippen LogP contribution in [0.25, 0.3) is 0 Å². The lowest BCUT2D eigenvalue weighted by Gasteiger charge is -2.12. The predicted octanol–water partition coefficient (Wildman–Crippen LogP) is 7.08. The maximum absolute atomic E-state index is 12.8. The van der Waals surface area contributed by atoms with Crippen molar-refractivity contribution < 1.29 is 17.9 Å². The summed E-state index contributed by atoms with van der Waals surface area (Å²) in [4.78, 5) is 12.8. The van der Waals surface area contributed by atoms with E-state index in [2.05, 4.69) is 32.9 Å². The SMILES string of the molecule is CCCCCCOc1ccc(C(=O)Nc2ccc(S(=O)(=O)Nc3ccc(C)cc3C)cc2)cc1Br. The zero-order valence-corrected chi connectivity index (χ0v) is 22.6. The second-order valence-electron chi connectivity index (χ2n) is 8.46. The first kappa shape index (κ1) is 26.8. The fraction of sp³-hybridized carbons (Fsp3) is 0.296. The quantitative estimate of drug-likeness (QED) is 0.246. The van der Waals surface area contributed by atoms with Crippen LogP contribution in [0, 0.1) is 13.8 Å². The molecule has 0 spiro atoms. The van der Waals surface area contributed by atoms with E-state index in [1.807, 2.05) is 26.0 Å². The van der Waals surface area contributed by atoms with E-state index in [4.69, 9.17) is 4.74 Å². The summed E-state index contributed by atoms with van der Waals surface area (Å²) in [5.74, 6) is 0.396. The van der Waals surface area contributed by atoms with Crippen LogP contribution in [0.15, 0.2) is 70.0 Å². The van der Waals surface area contributed by atoms with E-state index in [0.29, 0.717) is 33.8 Å². The highest BCUT2D eigenvalue weighted by atomic mass is 79.9. The number of ether oxygens (including phenoxy) is 1. The van der Waals surface area contributed by atoms with E-state index < -0.39 is 10.0 Å². The van der Waals surface area contributed by atoms with E-state index in [1.165, 1.54) is 25.0 Å². The summed E-state index contributed by atoms with van der Waals surface area (Å²) in [6, 6.07) is 16.8. The number of hydrogen-bond donors (Lipinski definition) is 2. The third kappa shape index (κ3) is 7.57. The number of unbranched alkanes of at least 4 members (excludes halogenated alkanes) is 3. The van der Waals surface area contributed by atoms with Crippen molar-refractivity contribution in [1.82, 2.24) is 0 Å². The van der Waals surface area contributed by atoms with E-state index in [0.717, 1.165) is 24.0 Å². The number of hydrogen-bond acceptors (Lipinski definition) is 4. The molecule has 35 heavy (non-hydrogen) atoms. The fourth-order valence-corrected chi connectivity index (χ4v) is 5.15. The number of benzene rings is 3. The molecule has 0 aliphatic carbocycles. The summed E-state index contributed by atoms with van der Waals surface area (Å²) in [6.07, 6.45) is 4.50. The Morgan fingerprint density at radius 2 is 1.69 bits per heavy atom. The molecule has 1 amide bonds. The van der Waals surface area contributed by atoms with Crippen LogP contribution in [0.2, 0.25) is 0 Å². The molecule has 0 aliphatic heterocycles. The van der Waals surface area contributed by atoms with Crippen LogP contribution in [0.5, 0.6) is 5.75 Å². The van der Waals surface area contributed by atoms with Gasteiger partial charge in [0.2, 0.25) is 0 Å². The number of anilines is 2. The molecule has 6 nitrogen and oxygen atoms in total. The van der Waals surface area contributed by atoms with Crippen molar-refractivity contribution in [2.45, 2.75) is 51.3 Å². The minimum Gasteiger partial charge on any atom is -0.492 e. The Hall–Kier alpha value is -2.84. The van der Waals surface area contributed by atoms with Crippen LogP contribution < -0.4 is 14.8 Å². The second-order valence-corrected chi connectivity index (χ2v) is 11.0. The normalized spacial score (nSPS) is 11.2. The van der Waals surface area contributed by atoms with Crippen molar-refractivity contribution in [1.29, 1.82) is 0 Å². The lowest BCUT2D eigenvalue weighted by molar-refractivity contribution is 0.102. The number of halogens is 1. The Bertz CT molecular complexity index is 1270. The highest BCUT2D eigenvalue weighted by molar-refractivity contribution is 9.10. The fourth-order valence-electron chi connectivity index (χ4n) is 3.52. The van der Waals surface area contributed by atoms with E-state index >= 15 is 0 Å². The zero-order chi connectivity index (χ0) is 25.4. The Morgan fingerprint density at radius 1 is 0.943 bits per heavy atom. The lowest BCUT2D eigenvalue weighted by Crippen LogP contribution is -2.15. The Morgan fingerprint density at radius 3 is 2.34 bits per heavy atom. The standard InChI is InChI=1S/C27H31BrN2O4S/c1-4-5-6-7-16-34-26-15-9-21(18-24(26)28)27(31)29-22-10-12-23(13-11-22)35(32,33)30-25-14-8-19(2)17-20(25)3/h8-15,17-18,30H,4-7,16H2,1-3H3,(H,29,31). The van der Waals surface area contributed by atoms with Gasteiger partial charge in [-0.05, 0) is 90.3 Å². The van der Waals surface area contributed by atoms with Gasteiger partial charge in [0, 0.05) is 11.3 Å². The van der Waals surface area contributed by atoms with Gasteiger partial charge in [0.15, 0.2) is 0 Å². The van der Waals surface area contributed by atoms with E-state index in [-0.39, 0.29) is 10.8 Å². The van der Waals surface area contributed by atoms with Gasteiger partial charge in [-0.1, -0.05) is 43.9 Å². The van der Waals surface area contributed by atoms with Gasteiger partial charge in [-0.2, -0.15) is 0 Å². The summed E-state index contributed by atoms with van der Waals surface area (Å²) >= 11 is 3.47. The molecule has 3 aromatic rings. The van der Waals surface area contributed by atoms with Gasteiger partial charge in [-0.15, -0.1) is 0 Å². The first-order valence-corrected chi connectivity index (χ1v) is 13.9. The molecule has 0 aromatic heterocycles. The summed E-state index contributed by atoms with van der Waals surface area (Å²) in [5, 5.41) is 2.80. The van der Waals surface area contributed by atoms with Crippen LogP contribution in [-0.2, 0) is 10.0 Å². The molecule has 0 fully saturated rings. The van der Waals surface area contributed by atoms with Crippen LogP contribution >= 0.6 is 15.9 Å². The molecule has 0 bridgehead atoms. The molecule has 0 aliphatic rings. The molecule has 0 heterocycles. The minimum atomic E-state index is -3.75. The molecule has 0 unspecified atom stereocenters. The highest BCUT2D eigenvalue weighted by Crippen LogP contribution is 2.27. The molecular weight excluding hydrogens is 528 g/mol. The molecule has 3 aromatic carbocycles. The largest absolute Gasteiger partial charge is 0.492 e. The molecule has 0 radical (unpaired) electrons. The van der Waals surface area contributed by atoms with Crippen molar-refractivity contribution in [3.63, 3.8) is 0 Å². The van der Waals surface area contributed by atoms with Crippen molar-refractivity contribution in [3.05, 3.63) is 81.8 Å². The summed E-state index contributed by atoms with van der Waals surface area (Å²) in [7, 11) is -3.75. The maximum atomic E-state index is 12.8. The van der Waals surface area contributed by atoms with Crippen LogP contribution in [-0.4, -0.2) is 20.9 Å². The predicted molar refractivity (Wildman–Crippen MR) is 145 cm³/mol. The number of carbonyl (C=O) groups is 1. The Kier molecular flexibility index (Phi) is 9.34. The number of aryl methyl sites for hydroxylation is 2. The molecule has 0 saturated carbocycles. The van der Waals surface area contributed by atoms with Crippen molar-refractivity contribution in [2.24, 2.45) is 0 Å². The van der Waals surface area contributed by atoms with Gasteiger partial charge < -0.3 is 10.1 Å². The van der Waals surface area contributed by atoms with Gasteiger partial charge in [0.25, 0.3) is 15.9 Å². The van der Waals surface area contributed by atoms with Gasteiger partial charge >= 0.3 is 0 Å². The smallest absolute Gasteiger partial charge is 0.261 e. The topological polar surface area (TPSA) is 84.5 Å². The van der Waals surface area contributed by atoms with Crippen molar-refractivity contribution in [3.8, 4) is 5.75 Å². The average Bonchev–Trinajstić information content (AvgIpc) is 2.82. The summed E-state index contributed by atoms with van der Waals surface area (Å²) < 4.78 is 34.7.